The van der Waals surface area contributed by atoms with Gasteiger partial charge in [0.15, 0.2) is 0 Å². The molecule has 0 fully saturated rings. The van der Waals surface area contributed by atoms with Crippen LogP contribution in [0.4, 0.5) is 5.69 Å². The quantitative estimate of drug-likeness (QED) is 0.484. The Balaban J connectivity index is 1.86. The van der Waals surface area contributed by atoms with Crippen LogP contribution in [0.2, 0.25) is 5.02 Å². The zero-order valence-corrected chi connectivity index (χ0v) is 13.9. The van der Waals surface area contributed by atoms with Crippen LogP contribution in [0.25, 0.3) is 0 Å². The first-order valence-corrected chi connectivity index (χ1v) is 8.15. The molecule has 0 radical (unpaired) electrons. The summed E-state index contributed by atoms with van der Waals surface area (Å²) >= 11 is 7.17. The largest absolute Gasteiger partial charge is 0.351 e. The molecule has 0 aliphatic rings. The summed E-state index contributed by atoms with van der Waals surface area (Å²) in [7, 11) is 0. The third-order valence-corrected chi connectivity index (χ3v) is 4.47. The first kappa shape index (κ1) is 17.3. The zero-order chi connectivity index (χ0) is 16.8. The van der Waals surface area contributed by atoms with Crippen molar-refractivity contribution in [2.75, 3.05) is 0 Å². The molecule has 0 aliphatic carbocycles. The fourth-order valence-corrected chi connectivity index (χ4v) is 2.86. The number of halogens is 1. The molecule has 2 rings (SSSR count). The molecule has 0 aromatic heterocycles. The van der Waals surface area contributed by atoms with Gasteiger partial charge < -0.3 is 5.32 Å². The predicted molar refractivity (Wildman–Crippen MR) is 91.7 cm³/mol. The standard InChI is InChI=1S/C16H15ClN2O3S/c1-11(23-15-8-6-14(7-9-15)19(21)22)16(20)18-10-12-2-4-13(17)5-3-12/h2-9,11H,10H2,1H3,(H,18,20). The highest BCUT2D eigenvalue weighted by atomic mass is 35.5. The summed E-state index contributed by atoms with van der Waals surface area (Å²) in [4.78, 5) is 23.1. The number of nitrogens with one attached hydrogen (secondary N) is 1. The summed E-state index contributed by atoms with van der Waals surface area (Å²) in [6.45, 7) is 2.23. The van der Waals surface area contributed by atoms with Crippen molar-refractivity contribution in [2.45, 2.75) is 23.6 Å². The van der Waals surface area contributed by atoms with Gasteiger partial charge in [-0.1, -0.05) is 23.7 Å². The molecule has 23 heavy (non-hydrogen) atoms. The highest BCUT2D eigenvalue weighted by molar-refractivity contribution is 8.00. The van der Waals surface area contributed by atoms with Gasteiger partial charge in [-0.2, -0.15) is 0 Å². The number of carbonyl (C=O) groups excluding carboxylic acids is 1. The fraction of sp³-hybridized carbons (Fsp3) is 0.188. The lowest BCUT2D eigenvalue weighted by Gasteiger charge is -2.12. The maximum absolute atomic E-state index is 12.1. The van der Waals surface area contributed by atoms with Gasteiger partial charge in [0, 0.05) is 28.6 Å². The molecule has 0 aliphatic heterocycles. The van der Waals surface area contributed by atoms with Crippen LogP contribution in [0.15, 0.2) is 53.4 Å². The summed E-state index contributed by atoms with van der Waals surface area (Å²) in [5.74, 6) is -0.0942. The van der Waals surface area contributed by atoms with Crippen LogP contribution < -0.4 is 5.32 Å². The van der Waals surface area contributed by atoms with E-state index >= 15 is 0 Å². The van der Waals surface area contributed by atoms with Crippen LogP contribution >= 0.6 is 23.4 Å². The Bertz CT molecular complexity index is 689. The summed E-state index contributed by atoms with van der Waals surface area (Å²) < 4.78 is 0. The second-order valence-corrected chi connectivity index (χ2v) is 6.71. The Kier molecular flexibility index (Phi) is 6.01. The minimum Gasteiger partial charge on any atom is -0.351 e. The number of nitro benzene ring substituents is 1. The molecule has 0 spiro atoms. The molecular weight excluding hydrogens is 336 g/mol. The molecule has 2 aromatic carbocycles. The van der Waals surface area contributed by atoms with Crippen molar-refractivity contribution < 1.29 is 9.72 Å². The van der Waals surface area contributed by atoms with Gasteiger partial charge >= 0.3 is 0 Å². The number of non-ortho nitro benzene ring substituents is 1. The van der Waals surface area contributed by atoms with Crippen LogP contribution in [-0.2, 0) is 11.3 Å². The number of nitro groups is 1. The highest BCUT2D eigenvalue weighted by Gasteiger charge is 2.14. The topological polar surface area (TPSA) is 72.2 Å². The second-order valence-electron chi connectivity index (χ2n) is 4.86. The van der Waals surface area contributed by atoms with Gasteiger partial charge in [-0.15, -0.1) is 11.8 Å². The Morgan fingerprint density at radius 2 is 1.83 bits per heavy atom. The number of amides is 1. The summed E-state index contributed by atoms with van der Waals surface area (Å²) in [5, 5.41) is 13.8. The number of thioether (sulfide) groups is 1. The Labute approximate surface area is 143 Å². The minimum absolute atomic E-state index is 0.0363. The van der Waals surface area contributed by atoms with E-state index in [-0.39, 0.29) is 16.8 Å². The van der Waals surface area contributed by atoms with Gasteiger partial charge in [-0.3, -0.25) is 14.9 Å². The first-order chi connectivity index (χ1) is 11.0. The van der Waals surface area contributed by atoms with Crippen molar-refractivity contribution in [3.05, 3.63) is 69.2 Å². The minimum atomic E-state index is -0.448. The van der Waals surface area contributed by atoms with E-state index < -0.39 is 4.92 Å². The average Bonchev–Trinajstić information content (AvgIpc) is 2.54. The lowest BCUT2D eigenvalue weighted by atomic mass is 10.2. The van der Waals surface area contributed by atoms with Crippen molar-refractivity contribution in [3.8, 4) is 0 Å². The van der Waals surface area contributed by atoms with Gasteiger partial charge in [0.2, 0.25) is 5.91 Å². The number of hydrogen-bond donors (Lipinski definition) is 1. The van der Waals surface area contributed by atoms with Gasteiger partial charge in [-0.25, -0.2) is 0 Å². The predicted octanol–water partition coefficient (Wildman–Crippen LogP) is 4.05. The van der Waals surface area contributed by atoms with Crippen molar-refractivity contribution in [2.24, 2.45) is 0 Å². The van der Waals surface area contributed by atoms with Crippen molar-refractivity contribution in [3.63, 3.8) is 0 Å². The molecular formula is C16H15ClN2O3S. The average molecular weight is 351 g/mol. The maximum atomic E-state index is 12.1. The molecule has 0 saturated carbocycles. The van der Waals surface area contributed by atoms with Crippen LogP contribution in [0.5, 0.6) is 0 Å². The smallest absolute Gasteiger partial charge is 0.269 e. The first-order valence-electron chi connectivity index (χ1n) is 6.89. The van der Waals surface area contributed by atoms with Crippen molar-refractivity contribution in [1.82, 2.24) is 5.32 Å². The van der Waals surface area contributed by atoms with E-state index in [9.17, 15) is 14.9 Å². The van der Waals surface area contributed by atoms with Gasteiger partial charge in [0.05, 0.1) is 10.2 Å². The molecule has 120 valence electrons. The van der Waals surface area contributed by atoms with Gasteiger partial charge in [0.1, 0.15) is 0 Å². The van der Waals surface area contributed by atoms with Crippen LogP contribution in [0.1, 0.15) is 12.5 Å². The third-order valence-electron chi connectivity index (χ3n) is 3.11. The van der Waals surface area contributed by atoms with Crippen LogP contribution in [0, 0.1) is 10.1 Å². The molecule has 1 N–H and O–H groups in total. The Morgan fingerprint density at radius 1 is 1.22 bits per heavy atom. The maximum Gasteiger partial charge on any atom is 0.269 e. The molecule has 0 heterocycles. The number of hydrogen-bond acceptors (Lipinski definition) is 4. The number of carbonyl (C=O) groups is 1. The Morgan fingerprint density at radius 3 is 2.39 bits per heavy atom. The van der Waals surface area contributed by atoms with E-state index in [2.05, 4.69) is 5.32 Å². The monoisotopic (exact) mass is 350 g/mol. The van der Waals surface area contributed by atoms with E-state index in [0.717, 1.165) is 10.5 Å². The normalized spacial score (nSPS) is 11.7. The summed E-state index contributed by atoms with van der Waals surface area (Å²) in [6, 6.07) is 13.4. The third kappa shape index (κ3) is 5.26. The van der Waals surface area contributed by atoms with Crippen LogP contribution in [-0.4, -0.2) is 16.1 Å². The Hall–Kier alpha value is -2.05. The summed E-state index contributed by atoms with van der Waals surface area (Å²) in [6.07, 6.45) is 0. The molecule has 0 saturated heterocycles. The lowest BCUT2D eigenvalue weighted by Crippen LogP contribution is -2.30. The molecule has 1 atom stereocenters. The van der Waals surface area contributed by atoms with Gasteiger partial charge in [0.25, 0.3) is 5.69 Å². The van der Waals surface area contributed by atoms with E-state index in [4.69, 9.17) is 11.6 Å². The highest BCUT2D eigenvalue weighted by Crippen LogP contribution is 2.25. The molecule has 0 bridgehead atoms. The van der Waals surface area contributed by atoms with Gasteiger partial charge in [-0.05, 0) is 36.8 Å². The van der Waals surface area contributed by atoms with E-state index in [0.29, 0.717) is 11.6 Å². The summed E-state index contributed by atoms with van der Waals surface area (Å²) in [5.41, 5.74) is 1.00. The molecule has 5 nitrogen and oxygen atoms in total. The fourth-order valence-electron chi connectivity index (χ4n) is 1.84. The molecule has 2 aromatic rings. The number of nitrogens with zero attached hydrogens (tertiary/aromatic N) is 1. The van der Waals surface area contributed by atoms with Crippen molar-refractivity contribution >= 4 is 35.0 Å². The molecule has 7 heteroatoms. The number of benzene rings is 2. The van der Waals surface area contributed by atoms with E-state index in [1.54, 1.807) is 31.2 Å². The van der Waals surface area contributed by atoms with Crippen molar-refractivity contribution in [1.29, 1.82) is 0 Å². The van der Waals surface area contributed by atoms with E-state index in [1.165, 1.54) is 23.9 Å². The lowest BCUT2D eigenvalue weighted by molar-refractivity contribution is -0.384. The molecule has 1 unspecified atom stereocenters. The van der Waals surface area contributed by atoms with Crippen LogP contribution in [0.3, 0.4) is 0 Å². The SMILES string of the molecule is CC(Sc1ccc([N+](=O)[O-])cc1)C(=O)NCc1ccc(Cl)cc1. The molecule has 1 amide bonds. The zero-order valence-electron chi connectivity index (χ0n) is 12.4. The van der Waals surface area contributed by atoms with E-state index in [1.807, 2.05) is 12.1 Å². The second kappa shape index (κ2) is 7.99. The number of rotatable bonds is 6.